The fourth-order valence-electron chi connectivity index (χ4n) is 2.20. The summed E-state index contributed by atoms with van der Waals surface area (Å²) < 4.78 is 0. The fourth-order valence-corrected chi connectivity index (χ4v) is 3.04. The van der Waals surface area contributed by atoms with Crippen molar-refractivity contribution < 1.29 is 9.59 Å². The second-order valence-corrected chi connectivity index (χ2v) is 6.26. The lowest BCUT2D eigenvalue weighted by molar-refractivity contribution is -0.113. The highest BCUT2D eigenvalue weighted by Crippen LogP contribution is 2.35. The number of nitrogens with zero attached hydrogens (tertiary/aromatic N) is 1. The molecular weight excluding hydrogens is 294 g/mol. The molecule has 3 rings (SSSR count). The number of benzene rings is 2. The summed E-state index contributed by atoms with van der Waals surface area (Å²) in [7, 11) is 0. The topological polar surface area (TPSA) is 37.4 Å². The van der Waals surface area contributed by atoms with E-state index < -0.39 is 0 Å². The number of rotatable bonds is 2. The van der Waals surface area contributed by atoms with E-state index in [-0.39, 0.29) is 11.1 Å². The maximum atomic E-state index is 12.5. The van der Waals surface area contributed by atoms with Crippen LogP contribution in [0.1, 0.15) is 16.7 Å². The highest BCUT2D eigenvalue weighted by Gasteiger charge is 2.36. The first-order valence-corrected chi connectivity index (χ1v) is 7.77. The molecule has 0 bridgehead atoms. The van der Waals surface area contributed by atoms with Crippen molar-refractivity contribution in [2.45, 2.75) is 13.8 Å². The summed E-state index contributed by atoms with van der Waals surface area (Å²) >= 11 is 0.978. The van der Waals surface area contributed by atoms with E-state index in [1.165, 1.54) is 4.90 Å². The Bertz CT molecular complexity index is 761. The summed E-state index contributed by atoms with van der Waals surface area (Å²) in [4.78, 5) is 26.3. The summed E-state index contributed by atoms with van der Waals surface area (Å²) in [6.07, 6.45) is 1.76. The van der Waals surface area contributed by atoms with Crippen LogP contribution in [0.4, 0.5) is 10.5 Å². The minimum absolute atomic E-state index is 0.257. The minimum Gasteiger partial charge on any atom is -0.268 e. The number of anilines is 1. The van der Waals surface area contributed by atoms with Gasteiger partial charge in [0.1, 0.15) is 0 Å². The predicted molar refractivity (Wildman–Crippen MR) is 90.8 cm³/mol. The molecule has 0 saturated carbocycles. The van der Waals surface area contributed by atoms with Gasteiger partial charge in [-0.2, -0.15) is 0 Å². The van der Waals surface area contributed by atoms with E-state index in [4.69, 9.17) is 0 Å². The van der Waals surface area contributed by atoms with E-state index in [1.54, 1.807) is 18.2 Å². The van der Waals surface area contributed by atoms with Crippen LogP contribution in [0.15, 0.2) is 53.4 Å². The van der Waals surface area contributed by atoms with Gasteiger partial charge in [0.2, 0.25) is 0 Å². The van der Waals surface area contributed by atoms with Crippen LogP contribution in [0.3, 0.4) is 0 Å². The molecule has 2 aromatic rings. The molecule has 3 nitrogen and oxygen atoms in total. The largest absolute Gasteiger partial charge is 0.298 e. The number of thioether (sulfide) groups is 1. The normalized spacial score (nSPS) is 16.6. The van der Waals surface area contributed by atoms with Crippen molar-refractivity contribution in [3.05, 3.63) is 70.1 Å². The molecule has 0 N–H and O–H groups in total. The van der Waals surface area contributed by atoms with Gasteiger partial charge in [0.25, 0.3) is 11.1 Å². The lowest BCUT2D eigenvalue weighted by Gasteiger charge is -2.12. The van der Waals surface area contributed by atoms with Crippen molar-refractivity contribution >= 4 is 34.7 Å². The van der Waals surface area contributed by atoms with Gasteiger partial charge in [0, 0.05) is 0 Å². The van der Waals surface area contributed by atoms with Gasteiger partial charge in [0.15, 0.2) is 0 Å². The third kappa shape index (κ3) is 2.83. The quantitative estimate of drug-likeness (QED) is 0.764. The van der Waals surface area contributed by atoms with E-state index in [2.05, 4.69) is 0 Å². The number of carbonyl (C=O) groups excluding carboxylic acids is 2. The number of hydrogen-bond acceptors (Lipinski definition) is 3. The van der Waals surface area contributed by atoms with Gasteiger partial charge in [-0.3, -0.25) is 9.59 Å². The summed E-state index contributed by atoms with van der Waals surface area (Å²) in [5, 5.41) is -0.257. The molecule has 1 aliphatic rings. The van der Waals surface area contributed by atoms with Crippen LogP contribution in [0.2, 0.25) is 0 Å². The molecule has 1 aliphatic heterocycles. The monoisotopic (exact) mass is 309 g/mol. The van der Waals surface area contributed by atoms with Crippen LogP contribution in [0.25, 0.3) is 6.08 Å². The molecule has 2 aromatic carbocycles. The second kappa shape index (κ2) is 5.81. The predicted octanol–water partition coefficient (Wildman–Crippen LogP) is 4.54. The molecule has 2 amide bonds. The SMILES string of the molecule is Cc1ccc(/C=C2\SC(=O)N(c3ccc(C)cc3)C2=O)cc1. The maximum Gasteiger partial charge on any atom is 0.298 e. The average molecular weight is 309 g/mol. The minimum atomic E-state index is -0.264. The summed E-state index contributed by atoms with van der Waals surface area (Å²) in [6, 6.07) is 15.2. The molecule has 1 saturated heterocycles. The lowest BCUT2D eigenvalue weighted by Crippen LogP contribution is -2.27. The zero-order valence-corrected chi connectivity index (χ0v) is 13.2. The molecule has 0 aliphatic carbocycles. The summed E-state index contributed by atoms with van der Waals surface area (Å²) in [6.45, 7) is 3.98. The van der Waals surface area contributed by atoms with Crippen LogP contribution in [-0.4, -0.2) is 11.1 Å². The van der Waals surface area contributed by atoms with Crippen LogP contribution >= 0.6 is 11.8 Å². The van der Waals surface area contributed by atoms with Gasteiger partial charge in [-0.15, -0.1) is 0 Å². The molecule has 0 unspecified atom stereocenters. The smallest absolute Gasteiger partial charge is 0.268 e. The molecule has 1 heterocycles. The maximum absolute atomic E-state index is 12.5. The van der Waals surface area contributed by atoms with E-state index in [1.807, 2.05) is 50.2 Å². The summed E-state index contributed by atoms with van der Waals surface area (Å²) in [5.41, 5.74) is 3.77. The van der Waals surface area contributed by atoms with Crippen molar-refractivity contribution in [1.82, 2.24) is 0 Å². The van der Waals surface area contributed by atoms with Crippen LogP contribution < -0.4 is 4.90 Å². The third-order valence-corrected chi connectivity index (χ3v) is 4.33. The van der Waals surface area contributed by atoms with Crippen LogP contribution in [0, 0.1) is 13.8 Å². The Morgan fingerprint density at radius 2 is 1.41 bits per heavy atom. The van der Waals surface area contributed by atoms with Crippen molar-refractivity contribution in [3.63, 3.8) is 0 Å². The lowest BCUT2D eigenvalue weighted by atomic mass is 10.1. The zero-order valence-electron chi connectivity index (χ0n) is 12.4. The van der Waals surface area contributed by atoms with Gasteiger partial charge in [0.05, 0.1) is 10.6 Å². The van der Waals surface area contributed by atoms with E-state index >= 15 is 0 Å². The summed E-state index contributed by atoms with van der Waals surface area (Å²) in [5.74, 6) is -0.264. The Morgan fingerprint density at radius 3 is 2.00 bits per heavy atom. The number of aryl methyl sites for hydroxylation is 2. The highest BCUT2D eigenvalue weighted by atomic mass is 32.2. The van der Waals surface area contributed by atoms with Crippen molar-refractivity contribution in [1.29, 1.82) is 0 Å². The van der Waals surface area contributed by atoms with Crippen molar-refractivity contribution in [2.24, 2.45) is 0 Å². The van der Waals surface area contributed by atoms with Crippen molar-refractivity contribution in [3.8, 4) is 0 Å². The Balaban J connectivity index is 1.91. The highest BCUT2D eigenvalue weighted by molar-refractivity contribution is 8.19. The van der Waals surface area contributed by atoms with E-state index in [9.17, 15) is 9.59 Å². The van der Waals surface area contributed by atoms with Crippen LogP contribution in [0.5, 0.6) is 0 Å². The van der Waals surface area contributed by atoms with Gasteiger partial charge < -0.3 is 0 Å². The first-order valence-electron chi connectivity index (χ1n) is 6.96. The standard InChI is InChI=1S/C18H15NO2S/c1-12-3-7-14(8-4-12)11-16-17(20)19(18(21)22-16)15-9-5-13(2)6-10-15/h3-11H,1-2H3/b16-11-. The van der Waals surface area contributed by atoms with Crippen molar-refractivity contribution in [2.75, 3.05) is 4.90 Å². The fraction of sp³-hybridized carbons (Fsp3) is 0.111. The zero-order chi connectivity index (χ0) is 15.7. The van der Waals surface area contributed by atoms with E-state index in [0.717, 1.165) is 28.5 Å². The van der Waals surface area contributed by atoms with Gasteiger partial charge in [-0.05, 0) is 49.4 Å². The molecule has 110 valence electrons. The number of hydrogen-bond donors (Lipinski definition) is 0. The van der Waals surface area contributed by atoms with E-state index in [0.29, 0.717) is 10.6 Å². The first kappa shape index (κ1) is 14.6. The molecule has 4 heteroatoms. The number of imide groups is 1. The number of amides is 2. The van der Waals surface area contributed by atoms with Gasteiger partial charge >= 0.3 is 0 Å². The molecular formula is C18H15NO2S. The Hall–Kier alpha value is -2.33. The molecule has 0 radical (unpaired) electrons. The molecule has 0 aromatic heterocycles. The molecule has 0 spiro atoms. The Kier molecular flexibility index (Phi) is 3.86. The third-order valence-electron chi connectivity index (χ3n) is 3.46. The second-order valence-electron chi connectivity index (χ2n) is 5.26. The van der Waals surface area contributed by atoms with Gasteiger partial charge in [-0.25, -0.2) is 4.90 Å². The number of carbonyl (C=O) groups is 2. The molecule has 1 fully saturated rings. The Labute approximate surface area is 133 Å². The van der Waals surface area contributed by atoms with Crippen LogP contribution in [-0.2, 0) is 4.79 Å². The average Bonchev–Trinajstić information content (AvgIpc) is 2.77. The first-order chi connectivity index (χ1) is 10.5. The molecule has 22 heavy (non-hydrogen) atoms. The molecule has 0 atom stereocenters. The van der Waals surface area contributed by atoms with Gasteiger partial charge in [-0.1, -0.05) is 47.5 Å². The Morgan fingerprint density at radius 1 is 0.864 bits per heavy atom.